The van der Waals surface area contributed by atoms with E-state index in [4.69, 9.17) is 9.73 Å². The molecule has 24 heavy (non-hydrogen) atoms. The molecule has 0 bridgehead atoms. The zero-order chi connectivity index (χ0) is 17.2. The number of carbonyl (C=O) groups excluding carboxylic acids is 1. The fraction of sp³-hybridized carbons (Fsp3) is 0.556. The maximum atomic E-state index is 11.8. The van der Waals surface area contributed by atoms with E-state index in [1.165, 1.54) is 5.56 Å². The first-order chi connectivity index (χ1) is 11.7. The van der Waals surface area contributed by atoms with Gasteiger partial charge in [0.15, 0.2) is 5.96 Å². The van der Waals surface area contributed by atoms with Crippen LogP contribution in [0.3, 0.4) is 0 Å². The number of piperazine rings is 1. The van der Waals surface area contributed by atoms with Gasteiger partial charge in [0.1, 0.15) is 0 Å². The summed E-state index contributed by atoms with van der Waals surface area (Å²) in [6, 6.07) is 10.4. The molecular formula is C18H28N4O2. The van der Waals surface area contributed by atoms with Crippen molar-refractivity contribution < 1.29 is 9.53 Å². The molecule has 1 aromatic rings. The molecule has 0 atom stereocenters. The Balaban J connectivity index is 1.86. The summed E-state index contributed by atoms with van der Waals surface area (Å²) in [5.74, 6) is 0.928. The predicted octanol–water partition coefficient (Wildman–Crippen LogP) is 1.97. The zero-order valence-electron chi connectivity index (χ0n) is 14.7. The molecular weight excluding hydrogens is 304 g/mol. The molecule has 1 heterocycles. The quantitative estimate of drug-likeness (QED) is 0.662. The smallest absolute Gasteiger partial charge is 0.409 e. The Hall–Kier alpha value is -2.24. The standard InChI is InChI=1S/C18H28N4O2/c1-3-19-17(20-11-10-16-8-6-5-7-9-16)21-12-14-22(15-13-21)18(23)24-4-2/h5-9H,3-4,10-15H2,1-2H3,(H,19,20). The van der Waals surface area contributed by atoms with Crippen LogP contribution in [0.5, 0.6) is 0 Å². The van der Waals surface area contributed by atoms with Crippen LogP contribution in [0.25, 0.3) is 0 Å². The van der Waals surface area contributed by atoms with Crippen molar-refractivity contribution in [3.63, 3.8) is 0 Å². The maximum absolute atomic E-state index is 11.8. The number of ether oxygens (including phenoxy) is 1. The van der Waals surface area contributed by atoms with Crippen molar-refractivity contribution in [3.8, 4) is 0 Å². The Morgan fingerprint density at radius 2 is 1.79 bits per heavy atom. The average Bonchev–Trinajstić information content (AvgIpc) is 2.62. The van der Waals surface area contributed by atoms with Crippen molar-refractivity contribution in [1.82, 2.24) is 15.1 Å². The van der Waals surface area contributed by atoms with E-state index in [1.807, 2.05) is 13.0 Å². The molecule has 1 aliphatic heterocycles. The van der Waals surface area contributed by atoms with E-state index < -0.39 is 0 Å². The summed E-state index contributed by atoms with van der Waals surface area (Å²) in [7, 11) is 0. The molecule has 2 rings (SSSR count). The monoisotopic (exact) mass is 332 g/mol. The summed E-state index contributed by atoms with van der Waals surface area (Å²) < 4.78 is 5.06. The minimum atomic E-state index is -0.219. The topological polar surface area (TPSA) is 57.2 Å². The number of carbonyl (C=O) groups is 1. The molecule has 0 unspecified atom stereocenters. The number of hydrogen-bond acceptors (Lipinski definition) is 3. The third-order valence-electron chi connectivity index (χ3n) is 3.94. The van der Waals surface area contributed by atoms with Crippen molar-refractivity contribution in [3.05, 3.63) is 35.9 Å². The first-order valence-corrected chi connectivity index (χ1v) is 8.73. The Morgan fingerprint density at radius 1 is 1.12 bits per heavy atom. The lowest BCUT2D eigenvalue weighted by atomic mass is 10.2. The number of benzene rings is 1. The van der Waals surface area contributed by atoms with Gasteiger partial charge in [-0.1, -0.05) is 30.3 Å². The van der Waals surface area contributed by atoms with Crippen molar-refractivity contribution in [2.75, 3.05) is 45.9 Å². The largest absolute Gasteiger partial charge is 0.450 e. The molecule has 0 aromatic heterocycles. The van der Waals surface area contributed by atoms with Crippen molar-refractivity contribution in [1.29, 1.82) is 0 Å². The van der Waals surface area contributed by atoms with Gasteiger partial charge in [0.05, 0.1) is 6.61 Å². The highest BCUT2D eigenvalue weighted by Crippen LogP contribution is 2.05. The second kappa shape index (κ2) is 9.80. The summed E-state index contributed by atoms with van der Waals surface area (Å²) in [5.41, 5.74) is 1.30. The molecule has 1 aliphatic rings. The first-order valence-electron chi connectivity index (χ1n) is 8.73. The SMILES string of the molecule is CCNC(=NCCc1ccccc1)N1CCN(C(=O)OCC)CC1. The number of guanidine groups is 1. The van der Waals surface area contributed by atoms with Crippen LogP contribution in [-0.2, 0) is 11.2 Å². The fourth-order valence-corrected chi connectivity index (χ4v) is 2.68. The van der Waals surface area contributed by atoms with Crippen molar-refractivity contribution in [2.24, 2.45) is 4.99 Å². The molecule has 0 spiro atoms. The van der Waals surface area contributed by atoms with E-state index in [2.05, 4.69) is 41.4 Å². The molecule has 1 fully saturated rings. The van der Waals surface area contributed by atoms with Crippen LogP contribution in [0.2, 0.25) is 0 Å². The van der Waals surface area contributed by atoms with E-state index in [1.54, 1.807) is 4.90 Å². The number of rotatable bonds is 5. The van der Waals surface area contributed by atoms with E-state index in [9.17, 15) is 4.79 Å². The molecule has 6 nitrogen and oxygen atoms in total. The van der Waals surface area contributed by atoms with Crippen molar-refractivity contribution in [2.45, 2.75) is 20.3 Å². The molecule has 1 aromatic carbocycles. The lowest BCUT2D eigenvalue weighted by molar-refractivity contribution is 0.0914. The highest BCUT2D eigenvalue weighted by atomic mass is 16.6. The van der Waals surface area contributed by atoms with Crippen LogP contribution in [0, 0.1) is 0 Å². The lowest BCUT2D eigenvalue weighted by Gasteiger charge is -2.35. The number of nitrogens with one attached hydrogen (secondary N) is 1. The van der Waals surface area contributed by atoms with Crippen LogP contribution < -0.4 is 5.32 Å². The van der Waals surface area contributed by atoms with Gasteiger partial charge in [-0.15, -0.1) is 0 Å². The van der Waals surface area contributed by atoms with Gasteiger partial charge in [-0.05, 0) is 25.8 Å². The highest BCUT2D eigenvalue weighted by Gasteiger charge is 2.23. The number of amides is 1. The molecule has 1 amide bonds. The molecule has 132 valence electrons. The van der Waals surface area contributed by atoms with Gasteiger partial charge in [0.25, 0.3) is 0 Å². The van der Waals surface area contributed by atoms with Gasteiger partial charge in [0.2, 0.25) is 0 Å². The predicted molar refractivity (Wildman–Crippen MR) is 96.3 cm³/mol. The average molecular weight is 332 g/mol. The van der Waals surface area contributed by atoms with Crippen LogP contribution >= 0.6 is 0 Å². The zero-order valence-corrected chi connectivity index (χ0v) is 14.7. The van der Waals surface area contributed by atoms with Gasteiger partial charge in [-0.3, -0.25) is 4.99 Å². The minimum Gasteiger partial charge on any atom is -0.450 e. The molecule has 6 heteroatoms. The van der Waals surface area contributed by atoms with E-state index >= 15 is 0 Å². The van der Waals surface area contributed by atoms with Gasteiger partial charge in [0, 0.05) is 39.3 Å². The summed E-state index contributed by atoms with van der Waals surface area (Å²) in [5, 5.41) is 3.35. The molecule has 1 N–H and O–H groups in total. The summed E-state index contributed by atoms with van der Waals surface area (Å²) in [6.07, 6.45) is 0.710. The Kier molecular flexibility index (Phi) is 7.39. The van der Waals surface area contributed by atoms with E-state index in [0.717, 1.165) is 38.6 Å². The summed E-state index contributed by atoms with van der Waals surface area (Å²) in [6.45, 7) is 8.80. The number of nitrogens with zero attached hydrogens (tertiary/aromatic N) is 3. The second-order valence-electron chi connectivity index (χ2n) is 5.64. The van der Waals surface area contributed by atoms with Gasteiger partial charge in [-0.25, -0.2) is 4.79 Å². The highest BCUT2D eigenvalue weighted by molar-refractivity contribution is 5.80. The number of aliphatic imine (C=N–C) groups is 1. The second-order valence-corrected chi connectivity index (χ2v) is 5.64. The van der Waals surface area contributed by atoms with E-state index in [-0.39, 0.29) is 6.09 Å². The summed E-state index contributed by atoms with van der Waals surface area (Å²) in [4.78, 5) is 20.5. The molecule has 0 radical (unpaired) electrons. The minimum absolute atomic E-state index is 0.219. The number of hydrogen-bond donors (Lipinski definition) is 1. The Labute approximate surface area is 144 Å². The van der Waals surface area contributed by atoms with Crippen LogP contribution in [0.15, 0.2) is 35.3 Å². The molecule has 1 saturated heterocycles. The molecule has 0 aliphatic carbocycles. The van der Waals surface area contributed by atoms with Crippen molar-refractivity contribution >= 4 is 12.1 Å². The van der Waals surface area contributed by atoms with Crippen LogP contribution in [0.4, 0.5) is 4.79 Å². The first kappa shape index (κ1) is 18.1. The normalized spacial score (nSPS) is 15.3. The Morgan fingerprint density at radius 3 is 2.42 bits per heavy atom. The molecule has 0 saturated carbocycles. The Bertz CT molecular complexity index is 525. The lowest BCUT2D eigenvalue weighted by Crippen LogP contribution is -2.54. The van der Waals surface area contributed by atoms with Gasteiger partial charge in [-0.2, -0.15) is 0 Å². The third kappa shape index (κ3) is 5.44. The fourth-order valence-electron chi connectivity index (χ4n) is 2.68. The van der Waals surface area contributed by atoms with E-state index in [0.29, 0.717) is 19.7 Å². The van der Waals surface area contributed by atoms with Crippen LogP contribution in [0.1, 0.15) is 19.4 Å². The van der Waals surface area contributed by atoms with Gasteiger partial charge < -0.3 is 19.9 Å². The van der Waals surface area contributed by atoms with Gasteiger partial charge >= 0.3 is 6.09 Å². The van der Waals surface area contributed by atoms with Crippen LogP contribution in [-0.4, -0.2) is 67.7 Å². The summed E-state index contributed by atoms with van der Waals surface area (Å²) >= 11 is 0. The maximum Gasteiger partial charge on any atom is 0.409 e. The third-order valence-corrected chi connectivity index (χ3v) is 3.94.